The summed E-state index contributed by atoms with van der Waals surface area (Å²) in [5.74, 6) is -0.131. The molecule has 0 aliphatic rings. The van der Waals surface area contributed by atoms with Crippen LogP contribution < -0.4 is 4.72 Å². The maximum Gasteiger partial charge on any atom is 0.232 e. The predicted octanol–water partition coefficient (Wildman–Crippen LogP) is 3.68. The molecule has 0 heterocycles. The largest absolute Gasteiger partial charge is 0.283 e. The zero-order valence-corrected chi connectivity index (χ0v) is 13.0. The van der Waals surface area contributed by atoms with Crippen LogP contribution in [0.3, 0.4) is 0 Å². The zero-order chi connectivity index (χ0) is 13.9. The molecule has 3 nitrogen and oxygen atoms in total. The summed E-state index contributed by atoms with van der Waals surface area (Å²) in [6, 6.07) is 2.74. The fourth-order valence-corrected chi connectivity index (χ4v) is 3.26. The number of anilines is 1. The fraction of sp³-hybridized carbons (Fsp3) is 0.500. The lowest BCUT2D eigenvalue weighted by Crippen LogP contribution is -2.18. The molecule has 0 saturated heterocycles. The molecule has 0 saturated carbocycles. The number of hydrogen-bond acceptors (Lipinski definition) is 2. The second kappa shape index (κ2) is 6.02. The van der Waals surface area contributed by atoms with Crippen LogP contribution in [-0.4, -0.2) is 14.2 Å². The summed E-state index contributed by atoms with van der Waals surface area (Å²) in [5.41, 5.74) is 0.968. The molecule has 0 radical (unpaired) electrons. The molecule has 0 bridgehead atoms. The highest BCUT2D eigenvalue weighted by atomic mass is 79.9. The van der Waals surface area contributed by atoms with E-state index >= 15 is 0 Å². The first-order valence-corrected chi connectivity index (χ1v) is 8.12. The lowest BCUT2D eigenvalue weighted by molar-refractivity contribution is 0.578. The molecule has 102 valence electrons. The van der Waals surface area contributed by atoms with Crippen LogP contribution in [0, 0.1) is 18.7 Å². The maximum atomic E-state index is 13.4. The number of rotatable bonds is 5. The third-order valence-electron chi connectivity index (χ3n) is 2.50. The van der Waals surface area contributed by atoms with Gasteiger partial charge in [0.25, 0.3) is 0 Å². The van der Waals surface area contributed by atoms with Crippen molar-refractivity contribution in [2.75, 3.05) is 10.5 Å². The standard InChI is InChI=1S/C12H17BrFNO2S/c1-8(2)4-5-18(16,17)15-12-7-11(14)10(13)6-9(12)3/h6-8,15H,4-5H2,1-3H3. The van der Waals surface area contributed by atoms with Crippen molar-refractivity contribution in [2.45, 2.75) is 27.2 Å². The van der Waals surface area contributed by atoms with Crippen LogP contribution in [0.2, 0.25) is 0 Å². The summed E-state index contributed by atoms with van der Waals surface area (Å²) in [5, 5.41) is 0. The van der Waals surface area contributed by atoms with E-state index in [1.165, 1.54) is 6.07 Å². The van der Waals surface area contributed by atoms with Crippen LogP contribution in [0.1, 0.15) is 25.8 Å². The van der Waals surface area contributed by atoms with Gasteiger partial charge in [-0.05, 0) is 52.9 Å². The molecule has 0 atom stereocenters. The van der Waals surface area contributed by atoms with E-state index in [2.05, 4.69) is 20.7 Å². The third-order valence-corrected chi connectivity index (χ3v) is 4.41. The number of benzene rings is 1. The Labute approximate surface area is 116 Å². The molecule has 0 unspecified atom stereocenters. The Morgan fingerprint density at radius 1 is 1.39 bits per heavy atom. The average molecular weight is 338 g/mol. The first-order valence-electron chi connectivity index (χ1n) is 5.67. The maximum absolute atomic E-state index is 13.4. The van der Waals surface area contributed by atoms with Crippen LogP contribution >= 0.6 is 15.9 Å². The normalized spacial score (nSPS) is 11.9. The molecule has 0 aliphatic heterocycles. The molecular weight excluding hydrogens is 321 g/mol. The van der Waals surface area contributed by atoms with Gasteiger partial charge in [0.05, 0.1) is 15.9 Å². The molecule has 1 N–H and O–H groups in total. The molecule has 18 heavy (non-hydrogen) atoms. The first kappa shape index (κ1) is 15.4. The number of sulfonamides is 1. The van der Waals surface area contributed by atoms with E-state index in [-0.39, 0.29) is 5.75 Å². The van der Waals surface area contributed by atoms with E-state index in [1.54, 1.807) is 13.0 Å². The molecule has 0 amide bonds. The smallest absolute Gasteiger partial charge is 0.232 e. The fourth-order valence-electron chi connectivity index (χ4n) is 1.37. The van der Waals surface area contributed by atoms with E-state index in [1.807, 2.05) is 13.8 Å². The van der Waals surface area contributed by atoms with E-state index in [0.717, 1.165) is 0 Å². The Morgan fingerprint density at radius 2 is 2.00 bits per heavy atom. The summed E-state index contributed by atoms with van der Waals surface area (Å²) < 4.78 is 39.7. The van der Waals surface area contributed by atoms with Crippen molar-refractivity contribution in [1.82, 2.24) is 0 Å². The molecule has 0 aliphatic carbocycles. The summed E-state index contributed by atoms with van der Waals surface area (Å²) >= 11 is 3.06. The lowest BCUT2D eigenvalue weighted by atomic mass is 10.2. The van der Waals surface area contributed by atoms with Crippen LogP contribution in [0.5, 0.6) is 0 Å². The van der Waals surface area contributed by atoms with Crippen molar-refractivity contribution in [3.63, 3.8) is 0 Å². The highest BCUT2D eigenvalue weighted by molar-refractivity contribution is 9.10. The Bertz CT molecular complexity index is 529. The summed E-state index contributed by atoms with van der Waals surface area (Å²) in [6.45, 7) is 5.64. The number of aryl methyl sites for hydroxylation is 1. The van der Waals surface area contributed by atoms with Gasteiger partial charge in [-0.1, -0.05) is 13.8 Å². The van der Waals surface area contributed by atoms with Gasteiger partial charge in [0.15, 0.2) is 0 Å². The van der Waals surface area contributed by atoms with Gasteiger partial charge < -0.3 is 0 Å². The number of halogens is 2. The molecular formula is C12H17BrFNO2S. The number of nitrogens with one attached hydrogen (secondary N) is 1. The Balaban J connectivity index is 2.87. The van der Waals surface area contributed by atoms with Crippen molar-refractivity contribution in [1.29, 1.82) is 0 Å². The quantitative estimate of drug-likeness (QED) is 0.890. The lowest BCUT2D eigenvalue weighted by Gasteiger charge is -2.12. The molecule has 1 rings (SSSR count). The van der Waals surface area contributed by atoms with E-state index < -0.39 is 15.8 Å². The molecule has 1 aromatic carbocycles. The zero-order valence-electron chi connectivity index (χ0n) is 10.6. The van der Waals surface area contributed by atoms with Gasteiger partial charge in [-0.2, -0.15) is 0 Å². The van der Waals surface area contributed by atoms with Crippen LogP contribution in [0.25, 0.3) is 0 Å². The van der Waals surface area contributed by atoms with Crippen molar-refractivity contribution >= 4 is 31.6 Å². The van der Waals surface area contributed by atoms with E-state index in [0.29, 0.717) is 28.1 Å². The minimum atomic E-state index is -3.41. The van der Waals surface area contributed by atoms with Gasteiger partial charge in [-0.15, -0.1) is 0 Å². The monoisotopic (exact) mass is 337 g/mol. The summed E-state index contributed by atoms with van der Waals surface area (Å²) in [4.78, 5) is 0. The van der Waals surface area contributed by atoms with Gasteiger partial charge >= 0.3 is 0 Å². The average Bonchev–Trinajstić information content (AvgIpc) is 2.23. The molecule has 6 heteroatoms. The number of hydrogen-bond donors (Lipinski definition) is 1. The molecule has 0 spiro atoms. The van der Waals surface area contributed by atoms with Crippen molar-refractivity contribution in [3.05, 3.63) is 28.0 Å². The van der Waals surface area contributed by atoms with Crippen LogP contribution in [0.4, 0.5) is 10.1 Å². The van der Waals surface area contributed by atoms with Crippen molar-refractivity contribution in [3.8, 4) is 0 Å². The third kappa shape index (κ3) is 4.57. The Hall–Kier alpha value is -0.620. The Kier molecular flexibility index (Phi) is 5.16. The van der Waals surface area contributed by atoms with Gasteiger partial charge in [0.1, 0.15) is 5.82 Å². The van der Waals surface area contributed by atoms with Crippen LogP contribution in [0.15, 0.2) is 16.6 Å². The molecule has 0 aromatic heterocycles. The highest BCUT2D eigenvalue weighted by Crippen LogP contribution is 2.24. The van der Waals surface area contributed by atoms with Gasteiger partial charge in [0, 0.05) is 0 Å². The second-order valence-corrected chi connectivity index (χ2v) is 7.38. The van der Waals surface area contributed by atoms with E-state index in [4.69, 9.17) is 0 Å². The highest BCUT2D eigenvalue weighted by Gasteiger charge is 2.14. The van der Waals surface area contributed by atoms with Crippen molar-refractivity contribution in [2.24, 2.45) is 5.92 Å². The van der Waals surface area contributed by atoms with E-state index in [9.17, 15) is 12.8 Å². The van der Waals surface area contributed by atoms with Gasteiger partial charge in [-0.3, -0.25) is 4.72 Å². The second-order valence-electron chi connectivity index (χ2n) is 4.68. The summed E-state index contributed by atoms with van der Waals surface area (Å²) in [6.07, 6.45) is 0.577. The molecule has 0 fully saturated rings. The molecule has 1 aromatic rings. The SMILES string of the molecule is Cc1cc(Br)c(F)cc1NS(=O)(=O)CCC(C)C. The minimum absolute atomic E-state index is 0.0434. The summed E-state index contributed by atoms with van der Waals surface area (Å²) in [7, 11) is -3.41. The predicted molar refractivity (Wildman–Crippen MR) is 75.7 cm³/mol. The topological polar surface area (TPSA) is 46.2 Å². The van der Waals surface area contributed by atoms with Crippen LogP contribution in [-0.2, 0) is 10.0 Å². The first-order chi connectivity index (χ1) is 8.21. The van der Waals surface area contributed by atoms with Crippen molar-refractivity contribution < 1.29 is 12.8 Å². The Morgan fingerprint density at radius 3 is 2.56 bits per heavy atom. The minimum Gasteiger partial charge on any atom is -0.283 e. The van der Waals surface area contributed by atoms with Gasteiger partial charge in [0.2, 0.25) is 10.0 Å². The van der Waals surface area contributed by atoms with Gasteiger partial charge in [-0.25, -0.2) is 12.8 Å².